The number of nitrogens with zero attached hydrogens (tertiary/aromatic N) is 1. The number of carboxylic acids is 1. The van der Waals surface area contributed by atoms with E-state index in [4.69, 9.17) is 11.2 Å². The lowest BCUT2D eigenvalue weighted by Gasteiger charge is -2.01. The van der Waals surface area contributed by atoms with E-state index >= 15 is 0 Å². The zero-order valence-corrected chi connectivity index (χ0v) is 12.7. The number of fused-ring (bicyclic) bond motifs is 1. The minimum Gasteiger partial charge on any atom is -0.481 e. The average Bonchev–Trinajstić information content (AvgIpc) is 3.01. The van der Waals surface area contributed by atoms with Gasteiger partial charge in [-0.15, -0.1) is 6.42 Å². The average molecular weight is 318 g/mol. The Morgan fingerprint density at radius 3 is 2.75 bits per heavy atom. The van der Waals surface area contributed by atoms with Gasteiger partial charge in [-0.2, -0.15) is 0 Å². The summed E-state index contributed by atoms with van der Waals surface area (Å²) in [6.45, 7) is 0.236. The molecule has 0 unspecified atom stereocenters. The molecule has 0 spiro atoms. The second-order valence-corrected chi connectivity index (χ2v) is 5.02. The van der Waals surface area contributed by atoms with Crippen molar-refractivity contribution in [2.24, 2.45) is 0 Å². The van der Waals surface area contributed by atoms with Crippen LogP contribution in [0.2, 0.25) is 0 Å². The van der Waals surface area contributed by atoms with Crippen molar-refractivity contribution in [1.82, 2.24) is 9.97 Å². The van der Waals surface area contributed by atoms with Crippen LogP contribution in [-0.2, 0) is 0 Å². The first-order chi connectivity index (χ1) is 11.7. The smallest absolute Gasteiger partial charge is 0.337 e. The molecule has 0 saturated heterocycles. The van der Waals surface area contributed by atoms with Gasteiger partial charge in [0.05, 0.1) is 16.6 Å². The Bertz CT molecular complexity index is 947. The van der Waals surface area contributed by atoms with Gasteiger partial charge in [0.2, 0.25) is 0 Å². The Balaban J connectivity index is 1.82. The fraction of sp³-hybridized carbons (Fsp3) is 0.0526. The number of carboxylic acid groups (broad SMARTS) is 1. The Kier molecular flexibility index (Phi) is 4.30. The van der Waals surface area contributed by atoms with Crippen molar-refractivity contribution in [3.05, 3.63) is 59.4 Å². The number of H-pyrrole nitrogens is 1. The monoisotopic (exact) mass is 318 g/mol. The number of terminal acetylenes is 1. The highest BCUT2D eigenvalue weighted by molar-refractivity contribution is 6.01. The van der Waals surface area contributed by atoms with Crippen LogP contribution >= 0.6 is 0 Å². The minimum atomic E-state index is -0.984. The maximum Gasteiger partial charge on any atom is 0.337 e. The SMILES string of the molecule is C#CCOc1ccc(C=Cc2nc3cccc(C(=O)O)c3[nH]2)cc1. The predicted molar refractivity (Wildman–Crippen MR) is 92.8 cm³/mol. The van der Waals surface area contributed by atoms with Crippen LogP contribution in [-0.4, -0.2) is 27.7 Å². The molecule has 1 heterocycles. The predicted octanol–water partition coefficient (Wildman–Crippen LogP) is 3.44. The molecule has 0 aliphatic heterocycles. The lowest BCUT2D eigenvalue weighted by atomic mass is 10.2. The van der Waals surface area contributed by atoms with Crippen molar-refractivity contribution in [1.29, 1.82) is 0 Å². The van der Waals surface area contributed by atoms with E-state index in [-0.39, 0.29) is 12.2 Å². The molecule has 3 aromatic rings. The van der Waals surface area contributed by atoms with E-state index in [0.29, 0.717) is 22.6 Å². The van der Waals surface area contributed by atoms with E-state index in [1.54, 1.807) is 24.3 Å². The number of benzene rings is 2. The van der Waals surface area contributed by atoms with Crippen LogP contribution in [0.1, 0.15) is 21.7 Å². The molecule has 3 rings (SSSR count). The van der Waals surface area contributed by atoms with Crippen molar-refractivity contribution in [2.45, 2.75) is 0 Å². The molecule has 24 heavy (non-hydrogen) atoms. The quantitative estimate of drug-likeness (QED) is 0.707. The summed E-state index contributed by atoms with van der Waals surface area (Å²) in [6.07, 6.45) is 8.82. The molecular formula is C19H14N2O3. The van der Waals surface area contributed by atoms with Crippen LogP contribution in [0.5, 0.6) is 5.75 Å². The number of aromatic amines is 1. The van der Waals surface area contributed by atoms with Crippen LogP contribution in [0.15, 0.2) is 42.5 Å². The van der Waals surface area contributed by atoms with E-state index in [9.17, 15) is 9.90 Å². The van der Waals surface area contributed by atoms with Gasteiger partial charge in [-0.25, -0.2) is 9.78 Å². The number of carbonyl (C=O) groups is 1. The van der Waals surface area contributed by atoms with Crippen molar-refractivity contribution >= 4 is 29.2 Å². The first-order valence-corrected chi connectivity index (χ1v) is 7.24. The highest BCUT2D eigenvalue weighted by atomic mass is 16.5. The summed E-state index contributed by atoms with van der Waals surface area (Å²) in [7, 11) is 0. The maximum absolute atomic E-state index is 11.2. The second kappa shape index (κ2) is 6.71. The van der Waals surface area contributed by atoms with Crippen molar-refractivity contribution in [3.63, 3.8) is 0 Å². The van der Waals surface area contributed by atoms with Gasteiger partial charge in [0.25, 0.3) is 0 Å². The number of hydrogen-bond donors (Lipinski definition) is 2. The van der Waals surface area contributed by atoms with E-state index in [1.165, 1.54) is 0 Å². The number of hydrogen-bond acceptors (Lipinski definition) is 3. The van der Waals surface area contributed by atoms with Crippen LogP contribution in [0.4, 0.5) is 0 Å². The van der Waals surface area contributed by atoms with Gasteiger partial charge >= 0.3 is 5.97 Å². The first kappa shape index (κ1) is 15.4. The summed E-state index contributed by atoms with van der Waals surface area (Å²) >= 11 is 0. The molecule has 0 radical (unpaired) electrons. The Morgan fingerprint density at radius 1 is 1.25 bits per heavy atom. The van der Waals surface area contributed by atoms with E-state index in [0.717, 1.165) is 5.56 Å². The van der Waals surface area contributed by atoms with E-state index in [1.807, 2.05) is 30.3 Å². The Morgan fingerprint density at radius 2 is 2.04 bits per heavy atom. The minimum absolute atomic E-state index is 0.203. The highest BCUT2D eigenvalue weighted by Gasteiger charge is 2.10. The fourth-order valence-corrected chi connectivity index (χ4v) is 2.28. The molecule has 0 fully saturated rings. The van der Waals surface area contributed by atoms with Gasteiger partial charge in [0, 0.05) is 0 Å². The zero-order valence-electron chi connectivity index (χ0n) is 12.7. The Labute approximate surface area is 138 Å². The number of para-hydroxylation sites is 1. The Hall–Kier alpha value is -3.52. The summed E-state index contributed by atoms with van der Waals surface area (Å²) in [6, 6.07) is 12.4. The van der Waals surface area contributed by atoms with Gasteiger partial charge in [0.1, 0.15) is 18.2 Å². The van der Waals surface area contributed by atoms with Crippen LogP contribution < -0.4 is 4.74 Å². The van der Waals surface area contributed by atoms with E-state index < -0.39 is 5.97 Å². The van der Waals surface area contributed by atoms with Gasteiger partial charge < -0.3 is 14.8 Å². The summed E-state index contributed by atoms with van der Waals surface area (Å²) in [5.41, 5.74) is 2.30. The zero-order chi connectivity index (χ0) is 16.9. The lowest BCUT2D eigenvalue weighted by Crippen LogP contribution is -1.96. The fourth-order valence-electron chi connectivity index (χ4n) is 2.28. The van der Waals surface area contributed by atoms with Gasteiger partial charge in [0.15, 0.2) is 0 Å². The second-order valence-electron chi connectivity index (χ2n) is 5.02. The van der Waals surface area contributed by atoms with Crippen LogP contribution in [0, 0.1) is 12.3 Å². The maximum atomic E-state index is 11.2. The molecule has 0 saturated carbocycles. The molecule has 0 aliphatic rings. The van der Waals surface area contributed by atoms with Crippen molar-refractivity contribution in [3.8, 4) is 18.1 Å². The summed E-state index contributed by atoms with van der Waals surface area (Å²) in [5.74, 6) is 2.73. The number of aromatic carboxylic acids is 1. The summed E-state index contributed by atoms with van der Waals surface area (Å²) in [4.78, 5) is 18.6. The number of rotatable bonds is 5. The van der Waals surface area contributed by atoms with Crippen molar-refractivity contribution < 1.29 is 14.6 Å². The molecular weight excluding hydrogens is 304 g/mol. The summed E-state index contributed by atoms with van der Waals surface area (Å²) in [5, 5.41) is 9.20. The molecule has 0 atom stereocenters. The third-order valence-corrected chi connectivity index (χ3v) is 3.40. The summed E-state index contributed by atoms with van der Waals surface area (Å²) < 4.78 is 5.31. The van der Waals surface area contributed by atoms with Gasteiger partial charge in [-0.1, -0.05) is 30.2 Å². The number of ether oxygens (including phenoxy) is 1. The van der Waals surface area contributed by atoms with Gasteiger partial charge in [-0.3, -0.25) is 0 Å². The highest BCUT2D eigenvalue weighted by Crippen LogP contribution is 2.18. The molecule has 2 N–H and O–H groups in total. The number of nitrogens with one attached hydrogen (secondary N) is 1. The molecule has 1 aromatic heterocycles. The molecule has 0 amide bonds. The molecule has 5 heteroatoms. The molecule has 0 bridgehead atoms. The normalized spacial score (nSPS) is 10.8. The van der Waals surface area contributed by atoms with Crippen LogP contribution in [0.3, 0.4) is 0 Å². The molecule has 5 nitrogen and oxygen atoms in total. The van der Waals surface area contributed by atoms with E-state index in [2.05, 4.69) is 15.9 Å². The third-order valence-electron chi connectivity index (χ3n) is 3.40. The standard InChI is InChI=1S/C19H14N2O3/c1-2-12-24-14-9-6-13(7-10-14)8-11-17-20-16-5-3-4-15(19(22)23)18(16)21-17/h1,3-11H,12H2,(H,20,21)(H,22,23). The first-order valence-electron chi connectivity index (χ1n) is 7.24. The topological polar surface area (TPSA) is 75.2 Å². The third kappa shape index (κ3) is 3.28. The largest absolute Gasteiger partial charge is 0.481 e. The van der Waals surface area contributed by atoms with Crippen molar-refractivity contribution in [2.75, 3.05) is 6.61 Å². The molecule has 0 aliphatic carbocycles. The number of imidazole rings is 1. The molecule has 2 aromatic carbocycles. The lowest BCUT2D eigenvalue weighted by molar-refractivity contribution is 0.0699. The number of aromatic nitrogens is 2. The van der Waals surface area contributed by atoms with Crippen LogP contribution in [0.25, 0.3) is 23.2 Å². The molecule has 118 valence electrons. The van der Waals surface area contributed by atoms with Gasteiger partial charge in [-0.05, 0) is 35.9 Å².